The Morgan fingerprint density at radius 1 is 1.31 bits per heavy atom. The first kappa shape index (κ1) is 17.0. The van der Waals surface area contributed by atoms with Crippen LogP contribution < -0.4 is 4.90 Å². The summed E-state index contributed by atoms with van der Waals surface area (Å²) in [6.45, 7) is 4.18. The van der Waals surface area contributed by atoms with Crippen molar-refractivity contribution in [3.63, 3.8) is 0 Å². The van der Waals surface area contributed by atoms with Gasteiger partial charge in [-0.3, -0.25) is 4.79 Å². The second kappa shape index (κ2) is 7.05. The number of hydrogen-bond acceptors (Lipinski definition) is 5. The van der Waals surface area contributed by atoms with E-state index in [9.17, 15) is 4.79 Å². The molecule has 0 unspecified atom stereocenters. The standard InChI is InChI=1S/C19H26N6O/c1-3-17-20-9-10-24(17)13-19(26)25-11-14-6-7-16(15(14)12-25)23(2)18-5-4-8-21-22-18/h4-5,8-10,14-16H,3,6-7,11-13H2,1-2H3/t14-,15+,16-/m1/s1. The van der Waals surface area contributed by atoms with E-state index in [2.05, 4.69) is 34.1 Å². The summed E-state index contributed by atoms with van der Waals surface area (Å²) in [6, 6.07) is 4.35. The van der Waals surface area contributed by atoms with E-state index < -0.39 is 0 Å². The highest BCUT2D eigenvalue weighted by Crippen LogP contribution is 2.41. The van der Waals surface area contributed by atoms with Crippen LogP contribution in [0.15, 0.2) is 30.7 Å². The number of aromatic nitrogens is 4. The number of anilines is 1. The Kier molecular flexibility index (Phi) is 4.61. The first-order valence-electron chi connectivity index (χ1n) is 9.45. The van der Waals surface area contributed by atoms with Gasteiger partial charge < -0.3 is 14.4 Å². The molecule has 3 heterocycles. The van der Waals surface area contributed by atoms with E-state index in [1.165, 1.54) is 6.42 Å². The molecular formula is C19H26N6O. The summed E-state index contributed by atoms with van der Waals surface area (Å²) in [4.78, 5) is 21.4. The summed E-state index contributed by atoms with van der Waals surface area (Å²) in [7, 11) is 2.10. The normalized spacial score (nSPS) is 24.7. The average molecular weight is 354 g/mol. The Morgan fingerprint density at radius 3 is 2.96 bits per heavy atom. The summed E-state index contributed by atoms with van der Waals surface area (Å²) < 4.78 is 1.97. The van der Waals surface area contributed by atoms with E-state index in [1.807, 2.05) is 27.8 Å². The first-order chi connectivity index (χ1) is 12.7. The van der Waals surface area contributed by atoms with Crippen molar-refractivity contribution < 1.29 is 4.79 Å². The maximum Gasteiger partial charge on any atom is 0.242 e. The van der Waals surface area contributed by atoms with Gasteiger partial charge in [0.05, 0.1) is 0 Å². The summed E-state index contributed by atoms with van der Waals surface area (Å²) in [5, 5.41) is 8.24. The lowest BCUT2D eigenvalue weighted by Crippen LogP contribution is -2.39. The van der Waals surface area contributed by atoms with Gasteiger partial charge in [0.2, 0.25) is 5.91 Å². The van der Waals surface area contributed by atoms with Crippen LogP contribution in [0.2, 0.25) is 0 Å². The Balaban J connectivity index is 1.42. The number of hydrogen-bond donors (Lipinski definition) is 0. The summed E-state index contributed by atoms with van der Waals surface area (Å²) >= 11 is 0. The summed E-state index contributed by atoms with van der Waals surface area (Å²) in [5.74, 6) is 3.19. The van der Waals surface area contributed by atoms with Gasteiger partial charge >= 0.3 is 0 Å². The van der Waals surface area contributed by atoms with Crippen LogP contribution in [0.25, 0.3) is 0 Å². The number of carbonyl (C=O) groups is 1. The third kappa shape index (κ3) is 3.06. The van der Waals surface area contributed by atoms with Crippen molar-refractivity contribution in [3.8, 4) is 0 Å². The van der Waals surface area contributed by atoms with Crippen LogP contribution in [0, 0.1) is 11.8 Å². The summed E-state index contributed by atoms with van der Waals surface area (Å²) in [6.07, 6.45) is 8.55. The van der Waals surface area contributed by atoms with Crippen molar-refractivity contribution in [2.75, 3.05) is 25.0 Å². The summed E-state index contributed by atoms with van der Waals surface area (Å²) in [5.41, 5.74) is 0. The molecular weight excluding hydrogens is 328 g/mol. The SMILES string of the molecule is CCc1nccn1CC(=O)N1C[C@H]2CC[C@@H](N(C)c3cccnn3)[C@H]2C1. The zero-order valence-corrected chi connectivity index (χ0v) is 15.5. The van der Waals surface area contributed by atoms with Crippen molar-refractivity contribution in [1.82, 2.24) is 24.6 Å². The lowest BCUT2D eigenvalue weighted by molar-refractivity contribution is -0.131. The van der Waals surface area contributed by atoms with Crippen LogP contribution in [0.5, 0.6) is 0 Å². The van der Waals surface area contributed by atoms with Gasteiger partial charge in [-0.2, -0.15) is 5.10 Å². The van der Waals surface area contributed by atoms with Crippen LogP contribution in [0.4, 0.5) is 5.82 Å². The van der Waals surface area contributed by atoms with Gasteiger partial charge in [-0.1, -0.05) is 6.92 Å². The van der Waals surface area contributed by atoms with Gasteiger partial charge in [0, 0.05) is 57.1 Å². The molecule has 3 atom stereocenters. The highest BCUT2D eigenvalue weighted by Gasteiger charge is 2.45. The maximum atomic E-state index is 12.8. The molecule has 2 aromatic heterocycles. The van der Waals surface area contributed by atoms with Crippen LogP contribution in [-0.2, 0) is 17.8 Å². The van der Waals surface area contributed by atoms with Gasteiger partial charge in [0.25, 0.3) is 0 Å². The molecule has 1 saturated heterocycles. The number of carbonyl (C=O) groups excluding carboxylic acids is 1. The molecule has 0 radical (unpaired) electrons. The molecule has 4 rings (SSSR count). The topological polar surface area (TPSA) is 67.2 Å². The van der Waals surface area contributed by atoms with Crippen LogP contribution >= 0.6 is 0 Å². The minimum absolute atomic E-state index is 0.202. The average Bonchev–Trinajstić information content (AvgIpc) is 3.37. The number of fused-ring (bicyclic) bond motifs is 1. The molecule has 7 nitrogen and oxygen atoms in total. The van der Waals surface area contributed by atoms with Crippen molar-refractivity contribution in [1.29, 1.82) is 0 Å². The molecule has 7 heteroatoms. The fraction of sp³-hybridized carbons (Fsp3) is 0.579. The smallest absolute Gasteiger partial charge is 0.242 e. The molecule has 0 N–H and O–H groups in total. The van der Waals surface area contributed by atoms with Gasteiger partial charge in [-0.25, -0.2) is 4.98 Å². The zero-order chi connectivity index (χ0) is 18.1. The van der Waals surface area contributed by atoms with E-state index in [1.54, 1.807) is 12.4 Å². The van der Waals surface area contributed by atoms with Gasteiger partial charge in [-0.15, -0.1) is 5.10 Å². The van der Waals surface area contributed by atoms with Crippen molar-refractivity contribution >= 4 is 11.7 Å². The quantitative estimate of drug-likeness (QED) is 0.816. The van der Waals surface area contributed by atoms with Gasteiger partial charge in [0.15, 0.2) is 5.82 Å². The molecule has 2 fully saturated rings. The number of likely N-dealkylation sites (tertiary alicyclic amines) is 1. The van der Waals surface area contributed by atoms with E-state index in [0.29, 0.717) is 24.4 Å². The molecule has 1 amide bonds. The minimum atomic E-state index is 0.202. The fourth-order valence-electron chi connectivity index (χ4n) is 4.62. The second-order valence-corrected chi connectivity index (χ2v) is 7.39. The molecule has 0 spiro atoms. The van der Waals surface area contributed by atoms with E-state index >= 15 is 0 Å². The zero-order valence-electron chi connectivity index (χ0n) is 15.5. The molecule has 1 aliphatic heterocycles. The van der Waals surface area contributed by atoms with Crippen LogP contribution in [0.1, 0.15) is 25.6 Å². The number of aryl methyl sites for hydroxylation is 1. The molecule has 0 bridgehead atoms. The predicted molar refractivity (Wildman–Crippen MR) is 98.6 cm³/mol. The highest BCUT2D eigenvalue weighted by atomic mass is 16.2. The Bertz CT molecular complexity index is 760. The molecule has 138 valence electrons. The largest absolute Gasteiger partial charge is 0.355 e. The molecule has 1 aliphatic carbocycles. The third-order valence-corrected chi connectivity index (χ3v) is 6.01. The van der Waals surface area contributed by atoms with E-state index in [-0.39, 0.29) is 5.91 Å². The van der Waals surface area contributed by atoms with Crippen LogP contribution in [0.3, 0.4) is 0 Å². The highest BCUT2D eigenvalue weighted by molar-refractivity contribution is 5.76. The predicted octanol–water partition coefficient (Wildman–Crippen LogP) is 1.61. The molecule has 1 saturated carbocycles. The number of rotatable bonds is 5. The van der Waals surface area contributed by atoms with Gasteiger partial charge in [0.1, 0.15) is 12.4 Å². The first-order valence-corrected chi connectivity index (χ1v) is 9.45. The second-order valence-electron chi connectivity index (χ2n) is 7.39. The van der Waals surface area contributed by atoms with Crippen molar-refractivity contribution in [2.24, 2.45) is 11.8 Å². The number of imidazole rings is 1. The number of nitrogens with zero attached hydrogens (tertiary/aromatic N) is 6. The fourth-order valence-corrected chi connectivity index (χ4v) is 4.62. The molecule has 0 aromatic carbocycles. The molecule has 2 aromatic rings. The Hall–Kier alpha value is -2.44. The lowest BCUT2D eigenvalue weighted by atomic mass is 9.97. The molecule has 26 heavy (non-hydrogen) atoms. The number of amides is 1. The molecule has 2 aliphatic rings. The third-order valence-electron chi connectivity index (χ3n) is 6.01. The minimum Gasteiger partial charge on any atom is -0.355 e. The van der Waals surface area contributed by atoms with E-state index in [4.69, 9.17) is 0 Å². The van der Waals surface area contributed by atoms with Crippen molar-refractivity contribution in [2.45, 2.75) is 38.8 Å². The van der Waals surface area contributed by atoms with Gasteiger partial charge in [-0.05, 0) is 30.9 Å². The van der Waals surface area contributed by atoms with Crippen molar-refractivity contribution in [3.05, 3.63) is 36.5 Å². The lowest BCUT2D eigenvalue weighted by Gasteiger charge is -2.30. The van der Waals surface area contributed by atoms with E-state index in [0.717, 1.165) is 37.6 Å². The monoisotopic (exact) mass is 354 g/mol. The Labute approximate surface area is 154 Å². The maximum absolute atomic E-state index is 12.8. The Morgan fingerprint density at radius 2 is 2.19 bits per heavy atom. The van der Waals surface area contributed by atoms with Crippen LogP contribution in [-0.4, -0.2) is 56.7 Å².